The third-order valence-electron chi connectivity index (χ3n) is 5.83. The van der Waals surface area contributed by atoms with E-state index in [1.54, 1.807) is 12.1 Å². The van der Waals surface area contributed by atoms with Crippen LogP contribution in [0, 0.1) is 11.7 Å². The number of amides is 1. The first kappa shape index (κ1) is 26.5. The summed E-state index contributed by atoms with van der Waals surface area (Å²) < 4.78 is 53.6. The Kier molecular flexibility index (Phi) is 8.38. The summed E-state index contributed by atoms with van der Waals surface area (Å²) in [5.74, 6) is -0.761. The molecule has 2 heterocycles. The van der Waals surface area contributed by atoms with Crippen molar-refractivity contribution in [3.05, 3.63) is 66.1 Å². The van der Waals surface area contributed by atoms with E-state index in [1.165, 1.54) is 42.6 Å². The summed E-state index contributed by atoms with van der Waals surface area (Å²) in [6.07, 6.45) is 5.84. The number of hydrogen-bond donors (Lipinski definition) is 1. The molecule has 0 radical (unpaired) electrons. The standard InChI is InChI=1S/C27H30FN3O5S/c1-18(2)17-35-22-15-19(14-20(28)16-22)24-12-11-23(27(30-24)36-21-8-4-3-5-9-21)26(32)31-37(33,34)25-10-6-7-13-29-25/h6-7,10-16,18,21H,3-5,8-9,17H2,1-2H3,(H,31,32). The van der Waals surface area contributed by atoms with Gasteiger partial charge in [-0.05, 0) is 68.0 Å². The molecule has 0 spiro atoms. The van der Waals surface area contributed by atoms with Crippen LogP contribution in [0.25, 0.3) is 11.3 Å². The highest BCUT2D eigenvalue weighted by Crippen LogP contribution is 2.30. The second kappa shape index (κ2) is 11.7. The number of halogens is 1. The number of nitrogens with zero attached hydrogens (tertiary/aromatic N) is 2. The van der Waals surface area contributed by atoms with E-state index in [0.717, 1.165) is 32.1 Å². The molecule has 1 fully saturated rings. The quantitative estimate of drug-likeness (QED) is 0.410. The van der Waals surface area contributed by atoms with Crippen molar-refractivity contribution in [2.75, 3.05) is 6.61 Å². The van der Waals surface area contributed by atoms with Crippen molar-refractivity contribution < 1.29 is 27.1 Å². The smallest absolute Gasteiger partial charge is 0.281 e. The molecule has 4 rings (SSSR count). The molecule has 0 atom stereocenters. The summed E-state index contributed by atoms with van der Waals surface area (Å²) >= 11 is 0. The predicted molar refractivity (Wildman–Crippen MR) is 136 cm³/mol. The van der Waals surface area contributed by atoms with Gasteiger partial charge in [-0.1, -0.05) is 26.3 Å². The van der Waals surface area contributed by atoms with Crippen LogP contribution in [0.15, 0.2) is 59.8 Å². The van der Waals surface area contributed by atoms with Gasteiger partial charge >= 0.3 is 0 Å². The molecule has 1 aromatic carbocycles. The van der Waals surface area contributed by atoms with Gasteiger partial charge in [0.05, 0.1) is 12.3 Å². The zero-order chi connectivity index (χ0) is 26.4. The second-order valence-corrected chi connectivity index (χ2v) is 11.0. The summed E-state index contributed by atoms with van der Waals surface area (Å²) in [6, 6.07) is 11.6. The maximum absolute atomic E-state index is 14.4. The SMILES string of the molecule is CC(C)COc1cc(F)cc(-c2ccc(C(=O)NS(=O)(=O)c3ccccn3)c(OC3CCCCC3)n2)c1. The van der Waals surface area contributed by atoms with Crippen LogP contribution in [0.2, 0.25) is 0 Å². The molecular formula is C27H30FN3O5S. The molecule has 0 aliphatic heterocycles. The molecule has 3 aromatic rings. The van der Waals surface area contributed by atoms with E-state index in [-0.39, 0.29) is 28.5 Å². The summed E-state index contributed by atoms with van der Waals surface area (Å²) in [5, 5.41) is -0.281. The normalized spacial score (nSPS) is 14.4. The number of ether oxygens (including phenoxy) is 2. The average Bonchev–Trinajstić information content (AvgIpc) is 2.88. The zero-order valence-electron chi connectivity index (χ0n) is 20.8. The number of pyridine rings is 2. The van der Waals surface area contributed by atoms with Crippen LogP contribution in [0.4, 0.5) is 4.39 Å². The first-order valence-electron chi connectivity index (χ1n) is 12.3. The summed E-state index contributed by atoms with van der Waals surface area (Å²) in [5.41, 5.74) is 0.769. The van der Waals surface area contributed by atoms with Crippen molar-refractivity contribution >= 4 is 15.9 Å². The van der Waals surface area contributed by atoms with Gasteiger partial charge in [-0.2, -0.15) is 8.42 Å². The van der Waals surface area contributed by atoms with Gasteiger partial charge in [0.15, 0.2) is 5.03 Å². The number of benzene rings is 1. The highest BCUT2D eigenvalue weighted by Gasteiger charge is 2.25. The second-order valence-electron chi connectivity index (χ2n) is 9.41. The topological polar surface area (TPSA) is 107 Å². The van der Waals surface area contributed by atoms with Crippen molar-refractivity contribution in [1.82, 2.24) is 14.7 Å². The van der Waals surface area contributed by atoms with Crippen LogP contribution in [0.1, 0.15) is 56.3 Å². The molecule has 0 unspecified atom stereocenters. The number of carbonyl (C=O) groups is 1. The van der Waals surface area contributed by atoms with Gasteiger partial charge in [0.2, 0.25) is 5.88 Å². The maximum atomic E-state index is 14.4. The number of sulfonamides is 1. The minimum atomic E-state index is -4.20. The van der Waals surface area contributed by atoms with E-state index in [9.17, 15) is 17.6 Å². The molecule has 196 valence electrons. The van der Waals surface area contributed by atoms with Gasteiger partial charge in [-0.25, -0.2) is 19.1 Å². The van der Waals surface area contributed by atoms with Crippen LogP contribution in [-0.2, 0) is 10.0 Å². The fraction of sp³-hybridized carbons (Fsp3) is 0.370. The molecule has 1 aliphatic carbocycles. The minimum absolute atomic E-state index is 0.00738. The lowest BCUT2D eigenvalue weighted by molar-refractivity contribution is 0.0966. The minimum Gasteiger partial charge on any atom is -0.493 e. The average molecular weight is 528 g/mol. The Morgan fingerprint density at radius 1 is 1.11 bits per heavy atom. The Labute approximate surface area is 216 Å². The van der Waals surface area contributed by atoms with Gasteiger partial charge in [-0.15, -0.1) is 0 Å². The van der Waals surface area contributed by atoms with Crippen LogP contribution in [0.3, 0.4) is 0 Å². The Bertz CT molecular complexity index is 1340. The lowest BCUT2D eigenvalue weighted by Gasteiger charge is -2.23. The monoisotopic (exact) mass is 527 g/mol. The fourth-order valence-electron chi connectivity index (χ4n) is 4.00. The molecule has 2 aromatic heterocycles. The van der Waals surface area contributed by atoms with Crippen molar-refractivity contribution in [3.8, 4) is 22.9 Å². The first-order valence-corrected chi connectivity index (χ1v) is 13.8. The number of aromatic nitrogens is 2. The van der Waals surface area contributed by atoms with Crippen molar-refractivity contribution in [3.63, 3.8) is 0 Å². The van der Waals surface area contributed by atoms with Crippen LogP contribution in [0.5, 0.6) is 11.6 Å². The van der Waals surface area contributed by atoms with Crippen molar-refractivity contribution in [1.29, 1.82) is 0 Å². The Morgan fingerprint density at radius 3 is 2.59 bits per heavy atom. The number of hydrogen-bond acceptors (Lipinski definition) is 7. The Hall–Kier alpha value is -3.53. The van der Waals surface area contributed by atoms with E-state index in [2.05, 4.69) is 9.97 Å². The van der Waals surface area contributed by atoms with Crippen LogP contribution < -0.4 is 14.2 Å². The summed E-state index contributed by atoms with van der Waals surface area (Å²) in [7, 11) is -4.20. The van der Waals surface area contributed by atoms with Gasteiger partial charge in [-0.3, -0.25) is 4.79 Å². The van der Waals surface area contributed by atoms with Crippen LogP contribution in [-0.4, -0.2) is 37.0 Å². The summed E-state index contributed by atoms with van der Waals surface area (Å²) in [6.45, 7) is 4.42. The highest BCUT2D eigenvalue weighted by atomic mass is 32.2. The molecule has 1 saturated carbocycles. The molecule has 10 heteroatoms. The van der Waals surface area contributed by atoms with Crippen molar-refractivity contribution in [2.45, 2.75) is 57.1 Å². The predicted octanol–water partition coefficient (Wildman–Crippen LogP) is 5.15. The van der Waals surface area contributed by atoms with E-state index >= 15 is 0 Å². The molecule has 0 bridgehead atoms. The number of carbonyl (C=O) groups excluding carboxylic acids is 1. The molecule has 1 aliphatic rings. The fourth-order valence-corrected chi connectivity index (χ4v) is 4.91. The Morgan fingerprint density at radius 2 is 1.89 bits per heavy atom. The molecule has 0 saturated heterocycles. The third kappa shape index (κ3) is 7.03. The van der Waals surface area contributed by atoms with E-state index in [0.29, 0.717) is 23.6 Å². The van der Waals surface area contributed by atoms with Crippen LogP contribution >= 0.6 is 0 Å². The van der Waals surface area contributed by atoms with E-state index in [4.69, 9.17) is 9.47 Å². The molecule has 8 nitrogen and oxygen atoms in total. The van der Waals surface area contributed by atoms with E-state index < -0.39 is 21.7 Å². The Balaban J connectivity index is 1.67. The van der Waals surface area contributed by atoms with Gasteiger partial charge in [0.1, 0.15) is 23.2 Å². The number of nitrogens with one attached hydrogen (secondary N) is 1. The molecule has 37 heavy (non-hydrogen) atoms. The lowest BCUT2D eigenvalue weighted by atomic mass is 9.98. The maximum Gasteiger partial charge on any atom is 0.281 e. The number of rotatable bonds is 9. The highest BCUT2D eigenvalue weighted by molar-refractivity contribution is 7.90. The zero-order valence-corrected chi connectivity index (χ0v) is 21.6. The molecule has 1 amide bonds. The third-order valence-corrected chi connectivity index (χ3v) is 7.07. The van der Waals surface area contributed by atoms with Crippen molar-refractivity contribution in [2.24, 2.45) is 5.92 Å². The van der Waals surface area contributed by atoms with Gasteiger partial charge in [0.25, 0.3) is 15.9 Å². The van der Waals surface area contributed by atoms with Gasteiger partial charge in [0, 0.05) is 17.8 Å². The largest absolute Gasteiger partial charge is 0.493 e. The summed E-state index contributed by atoms with van der Waals surface area (Å²) in [4.78, 5) is 21.4. The van der Waals surface area contributed by atoms with Gasteiger partial charge < -0.3 is 9.47 Å². The first-order chi connectivity index (χ1) is 17.7. The van der Waals surface area contributed by atoms with E-state index in [1.807, 2.05) is 18.6 Å². The lowest BCUT2D eigenvalue weighted by Crippen LogP contribution is -2.32. The molecular weight excluding hydrogens is 497 g/mol. The molecule has 1 N–H and O–H groups in total.